The molecule has 0 spiro atoms. The summed E-state index contributed by atoms with van der Waals surface area (Å²) in [5.74, 6) is -0.216. The van der Waals surface area contributed by atoms with Gasteiger partial charge in [0.25, 0.3) is 5.91 Å². The van der Waals surface area contributed by atoms with Crippen molar-refractivity contribution in [1.29, 1.82) is 0 Å². The highest BCUT2D eigenvalue weighted by Gasteiger charge is 2.10. The summed E-state index contributed by atoms with van der Waals surface area (Å²) in [6.07, 6.45) is 5.60. The van der Waals surface area contributed by atoms with Crippen LogP contribution in [0.5, 0.6) is 0 Å². The van der Waals surface area contributed by atoms with Gasteiger partial charge in [0.1, 0.15) is 0 Å². The van der Waals surface area contributed by atoms with Crippen molar-refractivity contribution in [3.8, 4) is 0 Å². The summed E-state index contributed by atoms with van der Waals surface area (Å²) in [5.41, 5.74) is 1.54. The van der Waals surface area contributed by atoms with E-state index in [1.54, 1.807) is 24.5 Å². The van der Waals surface area contributed by atoms with E-state index in [-0.39, 0.29) is 5.91 Å². The average Bonchev–Trinajstić information content (AvgIpc) is 2.97. The Balaban J connectivity index is 1.69. The van der Waals surface area contributed by atoms with Crippen LogP contribution in [0.2, 0.25) is 5.02 Å². The number of nitrogens with zero attached hydrogens (tertiary/aromatic N) is 2. The molecule has 2 aromatic heterocycles. The van der Waals surface area contributed by atoms with E-state index in [1.165, 1.54) is 17.5 Å². The minimum absolute atomic E-state index is 0.216. The lowest BCUT2D eigenvalue weighted by Crippen LogP contribution is -2.11. The molecule has 0 aliphatic rings. The zero-order chi connectivity index (χ0) is 15.4. The zero-order valence-electron chi connectivity index (χ0n) is 11.5. The fraction of sp³-hybridized carbons (Fsp3) is 0.0625. The molecule has 6 heteroatoms. The number of anilines is 1. The summed E-state index contributed by atoms with van der Waals surface area (Å²) in [6.45, 7) is 0. The number of thiazole rings is 1. The van der Waals surface area contributed by atoms with Gasteiger partial charge in [0.2, 0.25) is 0 Å². The Morgan fingerprint density at radius 1 is 1.18 bits per heavy atom. The monoisotopic (exact) mass is 329 g/mol. The van der Waals surface area contributed by atoms with E-state index in [4.69, 9.17) is 11.6 Å². The summed E-state index contributed by atoms with van der Waals surface area (Å²) < 4.78 is 0. The van der Waals surface area contributed by atoms with E-state index in [0.29, 0.717) is 17.1 Å². The maximum absolute atomic E-state index is 12.0. The van der Waals surface area contributed by atoms with E-state index in [0.717, 1.165) is 15.5 Å². The molecule has 0 atom stereocenters. The third-order valence-corrected chi connectivity index (χ3v) is 4.30. The van der Waals surface area contributed by atoms with Gasteiger partial charge in [-0.1, -0.05) is 29.8 Å². The molecular weight excluding hydrogens is 318 g/mol. The Bertz CT molecular complexity index is 789. The maximum atomic E-state index is 12.0. The molecular formula is C16H12ClN3OS. The van der Waals surface area contributed by atoms with Gasteiger partial charge in [0.05, 0.1) is 5.56 Å². The molecule has 0 saturated carbocycles. The second kappa shape index (κ2) is 6.68. The quantitative estimate of drug-likeness (QED) is 0.786. The van der Waals surface area contributed by atoms with Gasteiger partial charge in [-0.3, -0.25) is 15.1 Å². The van der Waals surface area contributed by atoms with Crippen molar-refractivity contribution in [2.75, 3.05) is 5.32 Å². The molecule has 22 heavy (non-hydrogen) atoms. The van der Waals surface area contributed by atoms with E-state index >= 15 is 0 Å². The third kappa shape index (κ3) is 3.50. The van der Waals surface area contributed by atoms with Crippen LogP contribution in [-0.4, -0.2) is 15.9 Å². The molecule has 0 fully saturated rings. The Hall–Kier alpha value is -2.24. The lowest BCUT2D eigenvalue weighted by Gasteiger charge is -2.01. The molecule has 1 amide bonds. The van der Waals surface area contributed by atoms with Crippen LogP contribution < -0.4 is 5.32 Å². The molecule has 1 aromatic carbocycles. The summed E-state index contributed by atoms with van der Waals surface area (Å²) in [7, 11) is 0. The van der Waals surface area contributed by atoms with Gasteiger partial charge in [-0.15, -0.1) is 11.3 Å². The normalized spacial score (nSPS) is 10.4. The average molecular weight is 330 g/mol. The van der Waals surface area contributed by atoms with Gasteiger partial charge in [0.15, 0.2) is 5.13 Å². The Morgan fingerprint density at radius 2 is 2.05 bits per heavy atom. The number of hydrogen-bond acceptors (Lipinski definition) is 4. The molecule has 0 unspecified atom stereocenters. The number of hydrogen-bond donors (Lipinski definition) is 1. The maximum Gasteiger partial charge on any atom is 0.259 e. The molecule has 3 aromatic rings. The van der Waals surface area contributed by atoms with E-state index in [2.05, 4.69) is 15.3 Å². The number of rotatable bonds is 4. The first-order valence-electron chi connectivity index (χ1n) is 6.62. The van der Waals surface area contributed by atoms with Crippen molar-refractivity contribution in [2.24, 2.45) is 0 Å². The minimum atomic E-state index is -0.216. The molecule has 2 heterocycles. The Kier molecular flexibility index (Phi) is 4.46. The van der Waals surface area contributed by atoms with Crippen molar-refractivity contribution in [3.63, 3.8) is 0 Å². The topological polar surface area (TPSA) is 54.9 Å². The minimum Gasteiger partial charge on any atom is -0.298 e. The van der Waals surface area contributed by atoms with Crippen molar-refractivity contribution < 1.29 is 4.79 Å². The van der Waals surface area contributed by atoms with Crippen LogP contribution in [0.1, 0.15) is 20.8 Å². The highest BCUT2D eigenvalue weighted by molar-refractivity contribution is 7.15. The van der Waals surface area contributed by atoms with Crippen LogP contribution in [0, 0.1) is 0 Å². The van der Waals surface area contributed by atoms with Crippen molar-refractivity contribution in [2.45, 2.75) is 6.42 Å². The van der Waals surface area contributed by atoms with Gasteiger partial charge in [-0.25, -0.2) is 4.98 Å². The second-order valence-electron chi connectivity index (χ2n) is 4.60. The summed E-state index contributed by atoms with van der Waals surface area (Å²) in [4.78, 5) is 21.2. The third-order valence-electron chi connectivity index (χ3n) is 3.02. The first kappa shape index (κ1) is 14.7. The van der Waals surface area contributed by atoms with Crippen molar-refractivity contribution >= 4 is 34.0 Å². The predicted octanol–water partition coefficient (Wildman–Crippen LogP) is 4.03. The molecule has 4 nitrogen and oxygen atoms in total. The fourth-order valence-corrected chi connectivity index (χ4v) is 2.98. The molecule has 0 bridgehead atoms. The van der Waals surface area contributed by atoms with Crippen LogP contribution in [0.4, 0.5) is 5.13 Å². The lowest BCUT2D eigenvalue weighted by molar-refractivity contribution is 0.102. The van der Waals surface area contributed by atoms with Gasteiger partial charge in [-0.05, 0) is 23.8 Å². The van der Waals surface area contributed by atoms with Gasteiger partial charge in [0, 0.05) is 34.9 Å². The van der Waals surface area contributed by atoms with E-state index in [9.17, 15) is 4.79 Å². The number of carbonyl (C=O) groups excluding carboxylic acids is 1. The number of nitrogens with one attached hydrogen (secondary N) is 1. The molecule has 3 rings (SSSR count). The standard InChI is InChI=1S/C16H12ClN3OS/c17-14-6-2-1-4-11(14)8-13-10-19-16(22-13)20-15(21)12-5-3-7-18-9-12/h1-7,9-10H,8H2,(H,19,20,21). The highest BCUT2D eigenvalue weighted by Crippen LogP contribution is 2.24. The number of amides is 1. The van der Waals surface area contributed by atoms with Gasteiger partial charge < -0.3 is 0 Å². The lowest BCUT2D eigenvalue weighted by atomic mass is 10.1. The van der Waals surface area contributed by atoms with E-state index < -0.39 is 0 Å². The summed E-state index contributed by atoms with van der Waals surface area (Å²) >= 11 is 7.59. The van der Waals surface area contributed by atoms with Crippen LogP contribution in [0.25, 0.3) is 0 Å². The molecule has 110 valence electrons. The van der Waals surface area contributed by atoms with Crippen molar-refractivity contribution in [1.82, 2.24) is 9.97 Å². The summed E-state index contributed by atoms with van der Waals surface area (Å²) in [6, 6.07) is 11.1. The van der Waals surface area contributed by atoms with Crippen LogP contribution in [0.3, 0.4) is 0 Å². The van der Waals surface area contributed by atoms with Crippen LogP contribution in [-0.2, 0) is 6.42 Å². The smallest absolute Gasteiger partial charge is 0.259 e. The fourth-order valence-electron chi connectivity index (χ4n) is 1.94. The molecule has 0 saturated heterocycles. The second-order valence-corrected chi connectivity index (χ2v) is 6.12. The van der Waals surface area contributed by atoms with Gasteiger partial charge >= 0.3 is 0 Å². The molecule has 0 aliphatic carbocycles. The molecule has 1 N–H and O–H groups in total. The summed E-state index contributed by atoms with van der Waals surface area (Å²) in [5, 5.41) is 4.07. The van der Waals surface area contributed by atoms with Crippen molar-refractivity contribution in [3.05, 3.63) is 76.0 Å². The SMILES string of the molecule is O=C(Nc1ncc(Cc2ccccc2Cl)s1)c1cccnc1. The zero-order valence-corrected chi connectivity index (χ0v) is 13.1. The predicted molar refractivity (Wildman–Crippen MR) is 88.6 cm³/mol. The van der Waals surface area contributed by atoms with Crippen LogP contribution >= 0.6 is 22.9 Å². The number of carbonyl (C=O) groups is 1. The first-order chi connectivity index (χ1) is 10.7. The Morgan fingerprint density at radius 3 is 2.82 bits per heavy atom. The van der Waals surface area contributed by atoms with Gasteiger partial charge in [-0.2, -0.15) is 0 Å². The van der Waals surface area contributed by atoms with Crippen LogP contribution in [0.15, 0.2) is 55.0 Å². The number of benzene rings is 1. The number of aromatic nitrogens is 2. The molecule has 0 aliphatic heterocycles. The first-order valence-corrected chi connectivity index (χ1v) is 7.81. The largest absolute Gasteiger partial charge is 0.298 e. The molecule has 0 radical (unpaired) electrons. The highest BCUT2D eigenvalue weighted by atomic mass is 35.5. The number of pyridine rings is 1. The number of halogens is 1. The van der Waals surface area contributed by atoms with E-state index in [1.807, 2.05) is 24.3 Å². The Labute approximate surface area is 136 Å².